The van der Waals surface area contributed by atoms with Crippen LogP contribution in [0.2, 0.25) is 5.04 Å². The van der Waals surface area contributed by atoms with Crippen LogP contribution in [0, 0.1) is 0 Å². The first-order chi connectivity index (χ1) is 12.3. The van der Waals surface area contributed by atoms with Gasteiger partial charge in [-0.05, 0) is 15.4 Å². The Morgan fingerprint density at radius 2 is 1.46 bits per heavy atom. The SMILES string of the molecule is COC(=O)C[C@@H](O)CO[Si](c1ccccc1)(c1ccccc1)C(C)(C)C. The molecular weight excluding hydrogens is 344 g/mol. The fraction of sp³-hybridized carbons (Fsp3) is 0.381. The molecule has 140 valence electrons. The number of carbonyl (C=O) groups is 1. The molecule has 0 saturated heterocycles. The van der Waals surface area contributed by atoms with Crippen LogP contribution in [0.3, 0.4) is 0 Å². The average molecular weight is 373 g/mol. The third-order valence-corrected chi connectivity index (χ3v) is 9.54. The van der Waals surface area contributed by atoms with Crippen molar-refractivity contribution >= 4 is 24.7 Å². The molecule has 2 aromatic rings. The molecule has 0 aliphatic rings. The molecule has 2 aromatic carbocycles. The Labute approximate surface area is 156 Å². The second-order valence-electron chi connectivity index (χ2n) is 7.41. The van der Waals surface area contributed by atoms with Gasteiger partial charge in [0.05, 0.1) is 26.2 Å². The van der Waals surface area contributed by atoms with E-state index in [9.17, 15) is 9.90 Å². The fourth-order valence-corrected chi connectivity index (χ4v) is 7.92. The third-order valence-electron chi connectivity index (χ3n) is 4.54. The van der Waals surface area contributed by atoms with Gasteiger partial charge in [-0.15, -0.1) is 0 Å². The Balaban J connectivity index is 2.46. The fourth-order valence-electron chi connectivity index (χ4n) is 3.32. The van der Waals surface area contributed by atoms with Crippen LogP contribution in [-0.4, -0.2) is 39.2 Å². The highest BCUT2D eigenvalue weighted by atomic mass is 28.4. The molecule has 0 aliphatic carbocycles. The van der Waals surface area contributed by atoms with Crippen LogP contribution in [0.4, 0.5) is 0 Å². The number of ether oxygens (including phenoxy) is 1. The van der Waals surface area contributed by atoms with E-state index in [2.05, 4.69) is 49.8 Å². The van der Waals surface area contributed by atoms with Crippen LogP contribution >= 0.6 is 0 Å². The quantitative estimate of drug-likeness (QED) is 0.599. The van der Waals surface area contributed by atoms with Gasteiger partial charge in [0.15, 0.2) is 0 Å². The predicted octanol–water partition coefficient (Wildman–Crippen LogP) is 2.49. The van der Waals surface area contributed by atoms with Crippen molar-refractivity contribution in [2.24, 2.45) is 0 Å². The van der Waals surface area contributed by atoms with Gasteiger partial charge in [0.2, 0.25) is 0 Å². The molecule has 0 spiro atoms. The van der Waals surface area contributed by atoms with Crippen LogP contribution in [-0.2, 0) is 14.0 Å². The maximum absolute atomic E-state index is 11.5. The van der Waals surface area contributed by atoms with E-state index < -0.39 is 20.4 Å². The van der Waals surface area contributed by atoms with Gasteiger partial charge in [-0.1, -0.05) is 81.4 Å². The summed E-state index contributed by atoms with van der Waals surface area (Å²) in [5.74, 6) is -0.441. The van der Waals surface area contributed by atoms with Crippen LogP contribution in [0.1, 0.15) is 27.2 Å². The Morgan fingerprint density at radius 3 is 1.85 bits per heavy atom. The highest BCUT2D eigenvalue weighted by Gasteiger charge is 2.50. The minimum atomic E-state index is -2.69. The van der Waals surface area contributed by atoms with E-state index in [1.807, 2.05) is 36.4 Å². The molecule has 5 heteroatoms. The van der Waals surface area contributed by atoms with Crippen molar-refractivity contribution in [3.05, 3.63) is 60.7 Å². The van der Waals surface area contributed by atoms with E-state index in [1.165, 1.54) is 7.11 Å². The molecule has 0 heterocycles. The maximum Gasteiger partial charge on any atom is 0.308 e. The number of aliphatic hydroxyl groups is 1. The highest BCUT2D eigenvalue weighted by molar-refractivity contribution is 6.99. The summed E-state index contributed by atoms with van der Waals surface area (Å²) in [7, 11) is -1.37. The molecule has 0 saturated carbocycles. The monoisotopic (exact) mass is 372 g/mol. The molecule has 0 fully saturated rings. The third kappa shape index (κ3) is 4.41. The summed E-state index contributed by atoms with van der Waals surface area (Å²) >= 11 is 0. The zero-order valence-electron chi connectivity index (χ0n) is 15.9. The molecule has 0 aromatic heterocycles. The summed E-state index contributed by atoms with van der Waals surface area (Å²) in [5, 5.41) is 12.4. The molecule has 0 aliphatic heterocycles. The number of esters is 1. The molecule has 1 atom stereocenters. The van der Waals surface area contributed by atoms with E-state index in [1.54, 1.807) is 0 Å². The summed E-state index contributed by atoms with van der Waals surface area (Å²) in [6.07, 6.45) is -0.974. The van der Waals surface area contributed by atoms with Crippen molar-refractivity contribution in [3.63, 3.8) is 0 Å². The van der Waals surface area contributed by atoms with Gasteiger partial charge in [0.1, 0.15) is 0 Å². The van der Waals surface area contributed by atoms with Crippen molar-refractivity contribution in [3.8, 4) is 0 Å². The van der Waals surface area contributed by atoms with Crippen molar-refractivity contribution in [1.82, 2.24) is 0 Å². The van der Waals surface area contributed by atoms with Crippen LogP contribution in [0.25, 0.3) is 0 Å². The van der Waals surface area contributed by atoms with Crippen LogP contribution in [0.15, 0.2) is 60.7 Å². The van der Waals surface area contributed by atoms with Crippen molar-refractivity contribution in [2.45, 2.75) is 38.3 Å². The van der Waals surface area contributed by atoms with Gasteiger partial charge in [-0.3, -0.25) is 4.79 Å². The zero-order chi connectivity index (χ0) is 19.2. The first kappa shape index (κ1) is 20.4. The number of hydrogen-bond acceptors (Lipinski definition) is 4. The number of aliphatic hydroxyl groups excluding tert-OH is 1. The summed E-state index contributed by atoms with van der Waals surface area (Å²) in [4.78, 5) is 11.5. The molecule has 1 N–H and O–H groups in total. The first-order valence-corrected chi connectivity index (χ1v) is 10.7. The van der Waals surface area contributed by atoms with E-state index >= 15 is 0 Å². The lowest BCUT2D eigenvalue weighted by molar-refractivity contribution is -0.143. The Morgan fingerprint density at radius 1 is 1.00 bits per heavy atom. The van der Waals surface area contributed by atoms with E-state index in [0.717, 1.165) is 10.4 Å². The summed E-state index contributed by atoms with van der Waals surface area (Å²) in [6.45, 7) is 6.60. The average Bonchev–Trinajstić information content (AvgIpc) is 2.62. The molecule has 2 rings (SSSR count). The second-order valence-corrected chi connectivity index (χ2v) is 11.7. The number of carbonyl (C=O) groups excluding carboxylic acids is 1. The Hall–Kier alpha value is -1.95. The van der Waals surface area contributed by atoms with Gasteiger partial charge in [-0.2, -0.15) is 0 Å². The zero-order valence-corrected chi connectivity index (χ0v) is 16.9. The van der Waals surface area contributed by atoms with E-state index in [-0.39, 0.29) is 18.1 Å². The Bertz CT molecular complexity index is 655. The van der Waals surface area contributed by atoms with E-state index in [0.29, 0.717) is 0 Å². The van der Waals surface area contributed by atoms with Crippen molar-refractivity contribution < 1.29 is 19.1 Å². The van der Waals surface area contributed by atoms with Gasteiger partial charge in [-0.25, -0.2) is 0 Å². The van der Waals surface area contributed by atoms with Gasteiger partial charge in [0.25, 0.3) is 8.32 Å². The highest BCUT2D eigenvalue weighted by Crippen LogP contribution is 2.36. The smallest absolute Gasteiger partial charge is 0.308 e. The summed E-state index contributed by atoms with van der Waals surface area (Å²) in [6, 6.07) is 20.4. The normalized spacial score (nSPS) is 13.3. The number of benzene rings is 2. The van der Waals surface area contributed by atoms with Gasteiger partial charge in [0, 0.05) is 0 Å². The molecule has 0 bridgehead atoms. The topological polar surface area (TPSA) is 55.8 Å². The molecule has 0 amide bonds. The van der Waals surface area contributed by atoms with Crippen molar-refractivity contribution in [1.29, 1.82) is 0 Å². The number of hydrogen-bond donors (Lipinski definition) is 1. The molecular formula is C21H28O4Si. The maximum atomic E-state index is 11.5. The molecule has 26 heavy (non-hydrogen) atoms. The Kier molecular flexibility index (Phi) is 6.75. The van der Waals surface area contributed by atoms with Crippen LogP contribution < -0.4 is 10.4 Å². The molecule has 0 radical (unpaired) electrons. The lowest BCUT2D eigenvalue weighted by Gasteiger charge is -2.43. The van der Waals surface area contributed by atoms with Gasteiger partial charge >= 0.3 is 5.97 Å². The van der Waals surface area contributed by atoms with Crippen molar-refractivity contribution in [2.75, 3.05) is 13.7 Å². The minimum Gasteiger partial charge on any atom is -0.469 e. The molecule has 4 nitrogen and oxygen atoms in total. The van der Waals surface area contributed by atoms with Gasteiger partial charge < -0.3 is 14.3 Å². The molecule has 0 unspecified atom stereocenters. The second kappa shape index (κ2) is 8.62. The lowest BCUT2D eigenvalue weighted by Crippen LogP contribution is -2.67. The van der Waals surface area contributed by atoms with Crippen LogP contribution in [0.5, 0.6) is 0 Å². The lowest BCUT2D eigenvalue weighted by atomic mass is 10.2. The summed E-state index contributed by atoms with van der Waals surface area (Å²) in [5.41, 5.74) is 0. The summed E-state index contributed by atoms with van der Waals surface area (Å²) < 4.78 is 11.2. The largest absolute Gasteiger partial charge is 0.469 e. The predicted molar refractivity (Wildman–Crippen MR) is 106 cm³/mol. The number of rotatable bonds is 7. The standard InChI is InChI=1S/C21H28O4Si/c1-21(2,3)26(18-11-7-5-8-12-18,19-13-9-6-10-14-19)25-16-17(22)15-20(23)24-4/h5-14,17,22H,15-16H2,1-4H3/t17-/m1/s1. The number of methoxy groups -OCH3 is 1. The first-order valence-electron chi connectivity index (χ1n) is 8.81. The minimum absolute atomic E-state index is 0.0747. The van der Waals surface area contributed by atoms with E-state index in [4.69, 9.17) is 4.43 Å².